The van der Waals surface area contributed by atoms with Crippen molar-refractivity contribution < 1.29 is 18.3 Å². The first-order valence-electron chi connectivity index (χ1n) is 6.61. The normalized spacial score (nSPS) is 12.5. The third kappa shape index (κ3) is 5.06. The summed E-state index contributed by atoms with van der Waals surface area (Å²) in [5, 5.41) is 10.3. The van der Waals surface area contributed by atoms with Crippen molar-refractivity contribution in [2.75, 3.05) is 33.7 Å². The molecule has 0 spiro atoms. The van der Waals surface area contributed by atoms with Crippen LogP contribution in [0.1, 0.15) is 23.5 Å². The van der Waals surface area contributed by atoms with Gasteiger partial charge in [0.2, 0.25) is 10.0 Å². The van der Waals surface area contributed by atoms with Crippen molar-refractivity contribution in [2.45, 2.75) is 18.7 Å². The molecule has 0 aliphatic heterocycles. The van der Waals surface area contributed by atoms with E-state index in [4.69, 9.17) is 5.11 Å². The molecule has 0 unspecified atom stereocenters. The van der Waals surface area contributed by atoms with Gasteiger partial charge in [0.15, 0.2) is 0 Å². The third-order valence-corrected chi connectivity index (χ3v) is 5.70. The molecule has 8 heteroatoms. The van der Waals surface area contributed by atoms with Crippen molar-refractivity contribution in [1.82, 2.24) is 9.21 Å². The number of hydrogen-bond donors (Lipinski definition) is 1. The molecule has 1 aromatic heterocycles. The van der Waals surface area contributed by atoms with Crippen molar-refractivity contribution in [3.8, 4) is 0 Å². The largest absolute Gasteiger partial charge is 0.477 e. The first kappa shape index (κ1) is 18.1. The Kier molecular flexibility index (Phi) is 6.33. The maximum Gasteiger partial charge on any atom is 0.345 e. The fourth-order valence-electron chi connectivity index (χ4n) is 1.74. The van der Waals surface area contributed by atoms with Crippen LogP contribution in [0.5, 0.6) is 0 Å². The van der Waals surface area contributed by atoms with Crippen molar-refractivity contribution in [2.24, 2.45) is 5.92 Å². The van der Waals surface area contributed by atoms with Crippen LogP contribution < -0.4 is 0 Å². The maximum absolute atomic E-state index is 12.6. The lowest BCUT2D eigenvalue weighted by atomic mass is 10.2. The van der Waals surface area contributed by atoms with Crippen LogP contribution in [0.3, 0.4) is 0 Å². The molecule has 0 saturated heterocycles. The minimum absolute atomic E-state index is 0.0330. The second kappa shape index (κ2) is 7.35. The first-order chi connectivity index (χ1) is 9.64. The Labute approximate surface area is 130 Å². The average molecular weight is 334 g/mol. The summed E-state index contributed by atoms with van der Waals surface area (Å²) in [5.74, 6) is -0.912. The minimum Gasteiger partial charge on any atom is -0.477 e. The fourth-order valence-corrected chi connectivity index (χ4v) is 4.44. The Morgan fingerprint density at radius 2 is 1.95 bits per heavy atom. The number of carboxylic acids is 1. The number of likely N-dealkylation sites (N-methyl/N-ethyl adjacent to an activating group) is 1. The van der Waals surface area contributed by atoms with Crippen molar-refractivity contribution >= 4 is 27.3 Å². The van der Waals surface area contributed by atoms with E-state index in [2.05, 4.69) is 0 Å². The number of thiophene rings is 1. The Balaban J connectivity index is 3.03. The number of carboxylic acid groups (broad SMARTS) is 1. The number of hydrogen-bond acceptors (Lipinski definition) is 5. The highest BCUT2D eigenvalue weighted by atomic mass is 32.2. The molecule has 0 amide bonds. The van der Waals surface area contributed by atoms with Gasteiger partial charge in [0, 0.05) is 25.0 Å². The van der Waals surface area contributed by atoms with E-state index >= 15 is 0 Å². The molecule has 0 aliphatic rings. The Hall–Kier alpha value is -0.960. The molecule has 0 aromatic carbocycles. The molecule has 1 N–H and O–H groups in total. The molecule has 0 radical (unpaired) electrons. The number of sulfonamides is 1. The molecule has 1 heterocycles. The van der Waals surface area contributed by atoms with Gasteiger partial charge in [-0.2, -0.15) is 4.31 Å². The molecule has 0 atom stereocenters. The molecule has 120 valence electrons. The smallest absolute Gasteiger partial charge is 0.345 e. The van der Waals surface area contributed by atoms with Gasteiger partial charge in [-0.05, 0) is 26.1 Å². The van der Waals surface area contributed by atoms with Gasteiger partial charge in [-0.3, -0.25) is 0 Å². The molecular weight excluding hydrogens is 312 g/mol. The summed E-state index contributed by atoms with van der Waals surface area (Å²) in [6.07, 6.45) is 0. The second-order valence-electron chi connectivity index (χ2n) is 5.51. The van der Waals surface area contributed by atoms with E-state index in [9.17, 15) is 13.2 Å². The molecule has 0 aliphatic carbocycles. The molecule has 21 heavy (non-hydrogen) atoms. The van der Waals surface area contributed by atoms with E-state index in [1.54, 1.807) is 0 Å². The Morgan fingerprint density at radius 3 is 2.38 bits per heavy atom. The van der Waals surface area contributed by atoms with Gasteiger partial charge in [-0.1, -0.05) is 13.8 Å². The highest BCUT2D eigenvalue weighted by Gasteiger charge is 2.27. The standard InChI is InChI=1S/C13H22N2O4S2/c1-10(2)8-15(6-5-14(3)4)21(18,19)11-7-12(13(16)17)20-9-11/h7,9-10H,5-6,8H2,1-4H3,(H,16,17). The Morgan fingerprint density at radius 1 is 1.33 bits per heavy atom. The van der Waals surface area contributed by atoms with Gasteiger partial charge in [0.25, 0.3) is 0 Å². The minimum atomic E-state index is -3.65. The van der Waals surface area contributed by atoms with E-state index in [1.165, 1.54) is 15.8 Å². The highest BCUT2D eigenvalue weighted by molar-refractivity contribution is 7.89. The summed E-state index contributed by atoms with van der Waals surface area (Å²) in [5.41, 5.74) is 0. The SMILES string of the molecule is CC(C)CN(CCN(C)C)S(=O)(=O)c1csc(C(=O)O)c1. The molecule has 6 nitrogen and oxygen atoms in total. The molecule has 0 saturated carbocycles. The van der Waals surface area contributed by atoms with Gasteiger partial charge < -0.3 is 10.0 Å². The van der Waals surface area contributed by atoms with Gasteiger partial charge in [-0.15, -0.1) is 11.3 Å². The number of rotatable bonds is 8. The van der Waals surface area contributed by atoms with Crippen molar-refractivity contribution in [3.05, 3.63) is 16.3 Å². The van der Waals surface area contributed by atoms with E-state index in [-0.39, 0.29) is 15.7 Å². The van der Waals surface area contributed by atoms with E-state index < -0.39 is 16.0 Å². The predicted octanol–water partition coefficient (Wildman–Crippen LogP) is 1.65. The zero-order valence-corrected chi connectivity index (χ0v) is 14.4. The second-order valence-corrected chi connectivity index (χ2v) is 8.36. The summed E-state index contributed by atoms with van der Waals surface area (Å²) >= 11 is 0.929. The van der Waals surface area contributed by atoms with Gasteiger partial charge >= 0.3 is 5.97 Å². The molecule has 1 aromatic rings. The monoisotopic (exact) mass is 334 g/mol. The number of aromatic carboxylic acids is 1. The van der Waals surface area contributed by atoms with Gasteiger partial charge in [-0.25, -0.2) is 13.2 Å². The topological polar surface area (TPSA) is 77.9 Å². The van der Waals surface area contributed by atoms with E-state index in [1.807, 2.05) is 32.8 Å². The summed E-state index contributed by atoms with van der Waals surface area (Å²) in [7, 11) is 0.114. The van der Waals surface area contributed by atoms with Gasteiger partial charge in [0.1, 0.15) is 4.88 Å². The lowest BCUT2D eigenvalue weighted by Crippen LogP contribution is -2.38. The van der Waals surface area contributed by atoms with Crippen LogP contribution in [-0.2, 0) is 10.0 Å². The zero-order valence-electron chi connectivity index (χ0n) is 12.7. The van der Waals surface area contributed by atoms with Crippen LogP contribution in [-0.4, -0.2) is 62.4 Å². The van der Waals surface area contributed by atoms with Crippen molar-refractivity contribution in [3.63, 3.8) is 0 Å². The molecule has 1 rings (SSSR count). The van der Waals surface area contributed by atoms with Gasteiger partial charge in [0.05, 0.1) is 4.90 Å². The predicted molar refractivity (Wildman–Crippen MR) is 83.4 cm³/mol. The van der Waals surface area contributed by atoms with Crippen LogP contribution in [0.15, 0.2) is 16.3 Å². The quantitative estimate of drug-likeness (QED) is 0.782. The average Bonchev–Trinajstić information content (AvgIpc) is 2.83. The van der Waals surface area contributed by atoms with Crippen LogP contribution in [0.25, 0.3) is 0 Å². The summed E-state index contributed by atoms with van der Waals surface area (Å²) in [6, 6.07) is 1.23. The highest BCUT2D eigenvalue weighted by Crippen LogP contribution is 2.23. The lowest BCUT2D eigenvalue weighted by molar-refractivity contribution is 0.0702. The maximum atomic E-state index is 12.6. The van der Waals surface area contributed by atoms with E-state index in [0.717, 1.165) is 11.3 Å². The summed E-state index contributed by atoms with van der Waals surface area (Å²) in [4.78, 5) is 12.9. The first-order valence-corrected chi connectivity index (χ1v) is 8.93. The lowest BCUT2D eigenvalue weighted by Gasteiger charge is -2.24. The fraction of sp³-hybridized carbons (Fsp3) is 0.615. The summed E-state index contributed by atoms with van der Waals surface area (Å²) in [6.45, 7) is 5.31. The molecular formula is C13H22N2O4S2. The van der Waals surface area contributed by atoms with Crippen LogP contribution in [0.2, 0.25) is 0 Å². The van der Waals surface area contributed by atoms with Crippen LogP contribution >= 0.6 is 11.3 Å². The number of nitrogens with zero attached hydrogens (tertiary/aromatic N) is 2. The molecule has 0 fully saturated rings. The molecule has 0 bridgehead atoms. The van der Waals surface area contributed by atoms with Crippen molar-refractivity contribution in [1.29, 1.82) is 0 Å². The Bertz CT molecular complexity index is 579. The van der Waals surface area contributed by atoms with Crippen LogP contribution in [0.4, 0.5) is 0 Å². The van der Waals surface area contributed by atoms with E-state index in [0.29, 0.717) is 19.6 Å². The summed E-state index contributed by atoms with van der Waals surface area (Å²) < 4.78 is 26.7. The zero-order chi connectivity index (χ0) is 16.2. The van der Waals surface area contributed by atoms with Crippen LogP contribution in [0, 0.1) is 5.92 Å². The third-order valence-electron chi connectivity index (χ3n) is 2.79. The number of carbonyl (C=O) groups is 1.